The number of hydrogen-bond donors (Lipinski definition) is 1. The molecule has 2 saturated carbocycles. The van der Waals surface area contributed by atoms with Gasteiger partial charge in [-0.2, -0.15) is 0 Å². The average Bonchev–Trinajstić information content (AvgIpc) is 3.02. The lowest BCUT2D eigenvalue weighted by Gasteiger charge is -2.45. The molecule has 2 unspecified atom stereocenters. The number of amides is 1. The van der Waals surface area contributed by atoms with Crippen LogP contribution in [0.25, 0.3) is 0 Å². The zero-order chi connectivity index (χ0) is 14.2. The van der Waals surface area contributed by atoms with E-state index < -0.39 is 0 Å². The molecule has 0 aromatic heterocycles. The first-order valence-electron chi connectivity index (χ1n) is 8.75. The molecular weight excluding hydrogens is 248 g/mol. The third kappa shape index (κ3) is 2.38. The van der Waals surface area contributed by atoms with E-state index in [1.807, 2.05) is 0 Å². The van der Waals surface area contributed by atoms with E-state index in [1.165, 1.54) is 51.4 Å². The van der Waals surface area contributed by atoms with Crippen molar-refractivity contribution in [2.24, 2.45) is 11.3 Å². The second kappa shape index (κ2) is 5.67. The Labute approximate surface area is 123 Å². The first-order chi connectivity index (χ1) is 9.69. The second-order valence-electron chi connectivity index (χ2n) is 7.29. The average molecular weight is 278 g/mol. The molecule has 2 aliphatic carbocycles. The standard InChI is InChI=1S/C17H30N2O/c1-3-14-16(20)19(12-17(4-2)10-7-11-17)15(18-14)13-8-5-6-9-13/h13-15,18H,3-12H2,1-2H3. The fourth-order valence-electron chi connectivity index (χ4n) is 4.50. The first kappa shape index (κ1) is 14.4. The highest BCUT2D eigenvalue weighted by atomic mass is 16.2. The highest BCUT2D eigenvalue weighted by molar-refractivity contribution is 5.84. The van der Waals surface area contributed by atoms with Crippen LogP contribution >= 0.6 is 0 Å². The Kier molecular flexibility index (Phi) is 4.07. The van der Waals surface area contributed by atoms with Gasteiger partial charge in [0.15, 0.2) is 0 Å². The lowest BCUT2D eigenvalue weighted by Crippen LogP contribution is -2.49. The molecule has 3 nitrogen and oxygen atoms in total. The number of nitrogens with one attached hydrogen (secondary N) is 1. The first-order valence-corrected chi connectivity index (χ1v) is 8.75. The van der Waals surface area contributed by atoms with Crippen LogP contribution in [0.4, 0.5) is 0 Å². The summed E-state index contributed by atoms with van der Waals surface area (Å²) >= 11 is 0. The number of carbonyl (C=O) groups excluding carboxylic acids is 1. The van der Waals surface area contributed by atoms with E-state index in [0.717, 1.165) is 13.0 Å². The van der Waals surface area contributed by atoms with Gasteiger partial charge in [-0.1, -0.05) is 33.1 Å². The maximum Gasteiger partial charge on any atom is 0.241 e. The molecule has 0 radical (unpaired) electrons. The Morgan fingerprint density at radius 3 is 2.40 bits per heavy atom. The second-order valence-corrected chi connectivity index (χ2v) is 7.29. The maximum absolute atomic E-state index is 12.7. The van der Waals surface area contributed by atoms with Gasteiger partial charge in [0.1, 0.15) is 0 Å². The van der Waals surface area contributed by atoms with Crippen LogP contribution in [0.3, 0.4) is 0 Å². The minimum Gasteiger partial charge on any atom is -0.325 e. The summed E-state index contributed by atoms with van der Waals surface area (Å²) in [5.41, 5.74) is 0.441. The Morgan fingerprint density at radius 1 is 1.20 bits per heavy atom. The van der Waals surface area contributed by atoms with Crippen LogP contribution in [0.15, 0.2) is 0 Å². The molecule has 3 fully saturated rings. The molecule has 20 heavy (non-hydrogen) atoms. The van der Waals surface area contributed by atoms with Crippen LogP contribution in [0.5, 0.6) is 0 Å². The zero-order valence-electron chi connectivity index (χ0n) is 13.2. The summed E-state index contributed by atoms with van der Waals surface area (Å²) in [6.45, 7) is 5.44. The molecule has 1 amide bonds. The van der Waals surface area contributed by atoms with Crippen LogP contribution < -0.4 is 5.32 Å². The van der Waals surface area contributed by atoms with Crippen molar-refractivity contribution in [3.05, 3.63) is 0 Å². The monoisotopic (exact) mass is 278 g/mol. The minimum atomic E-state index is 0.0783. The lowest BCUT2D eigenvalue weighted by molar-refractivity contribution is -0.133. The summed E-state index contributed by atoms with van der Waals surface area (Å²) < 4.78 is 0. The van der Waals surface area contributed by atoms with Gasteiger partial charge in [0.05, 0.1) is 12.2 Å². The summed E-state index contributed by atoms with van der Waals surface area (Å²) in [7, 11) is 0. The van der Waals surface area contributed by atoms with E-state index in [-0.39, 0.29) is 6.04 Å². The molecule has 3 rings (SSSR count). The molecular formula is C17H30N2O. The van der Waals surface area contributed by atoms with Crippen molar-refractivity contribution in [1.29, 1.82) is 0 Å². The van der Waals surface area contributed by atoms with Crippen molar-refractivity contribution in [2.75, 3.05) is 6.54 Å². The molecule has 3 aliphatic rings. The van der Waals surface area contributed by atoms with E-state index in [4.69, 9.17) is 0 Å². The van der Waals surface area contributed by atoms with Crippen molar-refractivity contribution >= 4 is 5.91 Å². The van der Waals surface area contributed by atoms with Crippen molar-refractivity contribution in [1.82, 2.24) is 10.2 Å². The maximum atomic E-state index is 12.7. The predicted octanol–water partition coefficient (Wildman–Crippen LogP) is 3.29. The van der Waals surface area contributed by atoms with E-state index in [9.17, 15) is 4.79 Å². The van der Waals surface area contributed by atoms with Gasteiger partial charge in [0.25, 0.3) is 0 Å². The van der Waals surface area contributed by atoms with Gasteiger partial charge in [0, 0.05) is 6.54 Å². The van der Waals surface area contributed by atoms with Gasteiger partial charge in [-0.05, 0) is 49.9 Å². The smallest absolute Gasteiger partial charge is 0.241 e. The molecule has 1 N–H and O–H groups in total. The van der Waals surface area contributed by atoms with Gasteiger partial charge >= 0.3 is 0 Å². The summed E-state index contributed by atoms with van der Waals surface area (Å²) in [4.78, 5) is 14.9. The van der Waals surface area contributed by atoms with Crippen LogP contribution in [0, 0.1) is 11.3 Å². The highest BCUT2D eigenvalue weighted by Gasteiger charge is 2.47. The van der Waals surface area contributed by atoms with E-state index in [1.54, 1.807) is 0 Å². The lowest BCUT2D eigenvalue weighted by atomic mass is 9.66. The number of carbonyl (C=O) groups is 1. The summed E-state index contributed by atoms with van der Waals surface area (Å²) in [5, 5.41) is 3.65. The van der Waals surface area contributed by atoms with Gasteiger partial charge < -0.3 is 4.90 Å². The van der Waals surface area contributed by atoms with Crippen LogP contribution in [0.2, 0.25) is 0 Å². The topological polar surface area (TPSA) is 32.3 Å². The molecule has 1 aliphatic heterocycles. The molecule has 0 bridgehead atoms. The van der Waals surface area contributed by atoms with Gasteiger partial charge in [-0.15, -0.1) is 0 Å². The zero-order valence-corrected chi connectivity index (χ0v) is 13.2. The number of hydrogen-bond acceptors (Lipinski definition) is 2. The van der Waals surface area contributed by atoms with E-state index >= 15 is 0 Å². The summed E-state index contributed by atoms with van der Waals surface area (Å²) in [5.74, 6) is 1.08. The summed E-state index contributed by atoms with van der Waals surface area (Å²) in [6, 6.07) is 0.0783. The van der Waals surface area contributed by atoms with Crippen LogP contribution in [-0.4, -0.2) is 29.6 Å². The molecule has 1 saturated heterocycles. The molecule has 0 aromatic rings. The minimum absolute atomic E-state index is 0.0783. The SMILES string of the molecule is CCC1NC(C2CCCC2)N(CC2(CC)CCC2)C1=O. The highest BCUT2D eigenvalue weighted by Crippen LogP contribution is 2.46. The van der Waals surface area contributed by atoms with Crippen molar-refractivity contribution < 1.29 is 4.79 Å². The summed E-state index contributed by atoms with van der Waals surface area (Å²) in [6.07, 6.45) is 11.8. The van der Waals surface area contributed by atoms with Crippen LogP contribution in [-0.2, 0) is 4.79 Å². The van der Waals surface area contributed by atoms with E-state index in [2.05, 4.69) is 24.1 Å². The Balaban J connectivity index is 1.74. The normalized spacial score (nSPS) is 33.7. The predicted molar refractivity (Wildman–Crippen MR) is 81.2 cm³/mol. The Hall–Kier alpha value is -0.570. The fraction of sp³-hybridized carbons (Fsp3) is 0.941. The molecule has 114 valence electrons. The molecule has 1 heterocycles. The Bertz CT molecular complexity index is 352. The molecule has 0 spiro atoms. The molecule has 3 heteroatoms. The van der Waals surface area contributed by atoms with Crippen LogP contribution in [0.1, 0.15) is 71.6 Å². The third-order valence-electron chi connectivity index (χ3n) is 6.21. The number of nitrogens with zero attached hydrogens (tertiary/aromatic N) is 1. The van der Waals surface area contributed by atoms with Crippen molar-refractivity contribution in [3.8, 4) is 0 Å². The number of rotatable bonds is 5. The van der Waals surface area contributed by atoms with Gasteiger partial charge in [0.2, 0.25) is 5.91 Å². The van der Waals surface area contributed by atoms with Crippen molar-refractivity contribution in [2.45, 2.75) is 83.8 Å². The molecule has 2 atom stereocenters. The fourth-order valence-corrected chi connectivity index (χ4v) is 4.50. The van der Waals surface area contributed by atoms with Gasteiger partial charge in [-0.3, -0.25) is 10.1 Å². The largest absolute Gasteiger partial charge is 0.325 e. The van der Waals surface area contributed by atoms with Crippen molar-refractivity contribution in [3.63, 3.8) is 0 Å². The van der Waals surface area contributed by atoms with E-state index in [0.29, 0.717) is 23.4 Å². The third-order valence-corrected chi connectivity index (χ3v) is 6.21. The Morgan fingerprint density at radius 2 is 1.90 bits per heavy atom. The van der Waals surface area contributed by atoms with Gasteiger partial charge in [-0.25, -0.2) is 0 Å². The molecule has 0 aromatic carbocycles. The quantitative estimate of drug-likeness (QED) is 0.837.